The molecule has 0 bridgehead atoms. The van der Waals surface area contributed by atoms with Crippen LogP contribution in [0, 0.1) is 0 Å². The summed E-state index contributed by atoms with van der Waals surface area (Å²) in [5, 5.41) is 0. The van der Waals surface area contributed by atoms with Gasteiger partial charge in [0.05, 0.1) is 0 Å². The summed E-state index contributed by atoms with van der Waals surface area (Å²) < 4.78 is 0. The molecule has 1 aromatic carbocycles. The molecule has 26 heavy (non-hydrogen) atoms. The second-order valence-corrected chi connectivity index (χ2v) is 6.73. The average molecular weight is 356 g/mol. The Bertz CT molecular complexity index is 614. The SMILES string of the molecule is C/C1=C(\C)N(C(=O)c2ccc(CCC=O)cc2)CCCCC1.C=CCC. The van der Waals surface area contributed by atoms with E-state index in [4.69, 9.17) is 0 Å². The fourth-order valence-corrected chi connectivity index (χ4v) is 2.87. The van der Waals surface area contributed by atoms with Crippen molar-refractivity contribution < 1.29 is 9.59 Å². The van der Waals surface area contributed by atoms with E-state index in [1.165, 1.54) is 18.4 Å². The first-order valence-electron chi connectivity index (χ1n) is 9.66. The van der Waals surface area contributed by atoms with Gasteiger partial charge in [-0.05, 0) is 63.6 Å². The van der Waals surface area contributed by atoms with Crippen molar-refractivity contribution in [1.82, 2.24) is 4.90 Å². The lowest BCUT2D eigenvalue weighted by Gasteiger charge is -2.27. The predicted molar refractivity (Wildman–Crippen MR) is 109 cm³/mol. The van der Waals surface area contributed by atoms with Crippen LogP contribution in [-0.2, 0) is 11.2 Å². The lowest BCUT2D eigenvalue weighted by Crippen LogP contribution is -2.31. The molecule has 3 nitrogen and oxygen atoms in total. The summed E-state index contributed by atoms with van der Waals surface area (Å²) in [6.45, 7) is 10.5. The van der Waals surface area contributed by atoms with Gasteiger partial charge in [0.15, 0.2) is 0 Å². The lowest BCUT2D eigenvalue weighted by molar-refractivity contribution is -0.107. The Labute approximate surface area is 158 Å². The molecule has 0 saturated carbocycles. The first-order valence-corrected chi connectivity index (χ1v) is 9.66. The van der Waals surface area contributed by atoms with Crippen LogP contribution in [0.15, 0.2) is 48.2 Å². The van der Waals surface area contributed by atoms with Crippen LogP contribution in [0.5, 0.6) is 0 Å². The first-order chi connectivity index (χ1) is 12.5. The number of aryl methyl sites for hydroxylation is 1. The highest BCUT2D eigenvalue weighted by Crippen LogP contribution is 2.22. The van der Waals surface area contributed by atoms with E-state index in [2.05, 4.69) is 27.4 Å². The van der Waals surface area contributed by atoms with Gasteiger partial charge in [-0.3, -0.25) is 4.79 Å². The molecule has 3 heteroatoms. The minimum atomic E-state index is 0.0840. The molecule has 0 radical (unpaired) electrons. The Morgan fingerprint density at radius 1 is 1.15 bits per heavy atom. The van der Waals surface area contributed by atoms with Crippen molar-refractivity contribution in [1.29, 1.82) is 0 Å². The molecule has 1 heterocycles. The van der Waals surface area contributed by atoms with Crippen LogP contribution in [0.2, 0.25) is 0 Å². The van der Waals surface area contributed by atoms with Crippen LogP contribution in [0.25, 0.3) is 0 Å². The van der Waals surface area contributed by atoms with Gasteiger partial charge in [0, 0.05) is 24.2 Å². The number of allylic oxidation sites excluding steroid dienone is 3. The summed E-state index contributed by atoms with van der Waals surface area (Å²) in [6, 6.07) is 7.66. The standard InChI is InChI=1S/C19H25NO2.C4H8/c1-15-7-4-3-5-13-20(16(15)2)19(22)18-11-9-17(10-12-18)8-6-14-21;1-3-4-2/h9-12,14H,3-8,13H2,1-2H3;3H,1,4H2,2H3/b16-15-;. The van der Waals surface area contributed by atoms with Crippen molar-refractivity contribution in [2.24, 2.45) is 0 Å². The summed E-state index contributed by atoms with van der Waals surface area (Å²) in [5.41, 5.74) is 4.24. The number of carbonyl (C=O) groups is 2. The second kappa shape index (κ2) is 12.2. The Hall–Kier alpha value is -2.16. The van der Waals surface area contributed by atoms with Crippen molar-refractivity contribution in [2.75, 3.05) is 6.54 Å². The van der Waals surface area contributed by atoms with E-state index >= 15 is 0 Å². The molecule has 0 aromatic heterocycles. The van der Waals surface area contributed by atoms with Crippen LogP contribution < -0.4 is 0 Å². The summed E-state index contributed by atoms with van der Waals surface area (Å²) in [6.07, 6.45) is 9.69. The highest BCUT2D eigenvalue weighted by Gasteiger charge is 2.19. The third-order valence-corrected chi connectivity index (χ3v) is 4.74. The molecular weight excluding hydrogens is 322 g/mol. The van der Waals surface area contributed by atoms with Crippen molar-refractivity contribution in [3.8, 4) is 0 Å². The van der Waals surface area contributed by atoms with E-state index in [0.717, 1.165) is 55.3 Å². The van der Waals surface area contributed by atoms with Crippen LogP contribution >= 0.6 is 0 Å². The maximum Gasteiger partial charge on any atom is 0.257 e. The molecular formula is C23H33NO2. The van der Waals surface area contributed by atoms with Crippen molar-refractivity contribution in [2.45, 2.75) is 65.7 Å². The van der Waals surface area contributed by atoms with Gasteiger partial charge < -0.3 is 9.69 Å². The van der Waals surface area contributed by atoms with E-state index in [0.29, 0.717) is 6.42 Å². The third kappa shape index (κ3) is 6.99. The molecule has 0 spiro atoms. The van der Waals surface area contributed by atoms with Gasteiger partial charge in [-0.1, -0.05) is 37.1 Å². The van der Waals surface area contributed by atoms with Crippen LogP contribution in [-0.4, -0.2) is 23.6 Å². The van der Waals surface area contributed by atoms with Gasteiger partial charge in [0.1, 0.15) is 6.29 Å². The van der Waals surface area contributed by atoms with Gasteiger partial charge in [-0.15, -0.1) is 6.58 Å². The first kappa shape index (κ1) is 21.9. The largest absolute Gasteiger partial charge is 0.312 e. The number of nitrogens with zero attached hydrogens (tertiary/aromatic N) is 1. The molecule has 1 aromatic rings. The number of carbonyl (C=O) groups excluding carboxylic acids is 2. The normalized spacial score (nSPS) is 17.4. The molecule has 0 atom stereocenters. The molecule has 142 valence electrons. The Balaban J connectivity index is 0.000000765. The van der Waals surface area contributed by atoms with Gasteiger partial charge >= 0.3 is 0 Å². The van der Waals surface area contributed by atoms with Crippen molar-refractivity contribution >= 4 is 12.2 Å². The number of benzene rings is 1. The number of amides is 1. The minimum absolute atomic E-state index is 0.0840. The molecule has 1 aliphatic rings. The predicted octanol–water partition coefficient (Wildman–Crippen LogP) is 5.71. The zero-order valence-corrected chi connectivity index (χ0v) is 16.6. The van der Waals surface area contributed by atoms with E-state index in [9.17, 15) is 9.59 Å². The molecule has 2 rings (SSSR count). The Morgan fingerprint density at radius 3 is 2.38 bits per heavy atom. The molecule has 1 aliphatic heterocycles. The van der Waals surface area contributed by atoms with E-state index in [1.807, 2.05) is 35.2 Å². The maximum atomic E-state index is 12.8. The number of rotatable bonds is 5. The van der Waals surface area contributed by atoms with Gasteiger partial charge in [0.25, 0.3) is 5.91 Å². The number of aldehydes is 1. The molecule has 0 fully saturated rings. The zero-order chi connectivity index (χ0) is 19.4. The quantitative estimate of drug-likeness (QED) is 0.501. The smallest absolute Gasteiger partial charge is 0.257 e. The van der Waals surface area contributed by atoms with E-state index in [1.54, 1.807) is 0 Å². The molecule has 1 amide bonds. The molecule has 0 aliphatic carbocycles. The molecule has 0 unspecified atom stereocenters. The molecule has 0 saturated heterocycles. The van der Waals surface area contributed by atoms with Crippen LogP contribution in [0.1, 0.15) is 75.2 Å². The van der Waals surface area contributed by atoms with Gasteiger partial charge in [-0.2, -0.15) is 0 Å². The number of hydrogen-bond donors (Lipinski definition) is 0. The minimum Gasteiger partial charge on any atom is -0.312 e. The van der Waals surface area contributed by atoms with Crippen molar-refractivity contribution in [3.63, 3.8) is 0 Å². The summed E-state index contributed by atoms with van der Waals surface area (Å²) >= 11 is 0. The Morgan fingerprint density at radius 2 is 1.81 bits per heavy atom. The Kier molecular flexibility index (Phi) is 10.3. The fourth-order valence-electron chi connectivity index (χ4n) is 2.87. The van der Waals surface area contributed by atoms with Crippen LogP contribution in [0.4, 0.5) is 0 Å². The monoisotopic (exact) mass is 355 g/mol. The second-order valence-electron chi connectivity index (χ2n) is 6.73. The van der Waals surface area contributed by atoms with Crippen LogP contribution in [0.3, 0.4) is 0 Å². The highest BCUT2D eigenvalue weighted by atomic mass is 16.2. The van der Waals surface area contributed by atoms with E-state index < -0.39 is 0 Å². The summed E-state index contributed by atoms with van der Waals surface area (Å²) in [5.74, 6) is 0.0840. The van der Waals surface area contributed by atoms with Gasteiger partial charge in [0.2, 0.25) is 0 Å². The zero-order valence-electron chi connectivity index (χ0n) is 16.6. The van der Waals surface area contributed by atoms with Gasteiger partial charge in [-0.25, -0.2) is 0 Å². The topological polar surface area (TPSA) is 37.4 Å². The summed E-state index contributed by atoms with van der Waals surface area (Å²) in [7, 11) is 0. The highest BCUT2D eigenvalue weighted by molar-refractivity contribution is 5.95. The van der Waals surface area contributed by atoms with E-state index in [-0.39, 0.29) is 5.91 Å². The maximum absolute atomic E-state index is 12.8. The lowest BCUT2D eigenvalue weighted by atomic mass is 10.0. The van der Waals surface area contributed by atoms with Crippen molar-refractivity contribution in [3.05, 3.63) is 59.3 Å². The fraction of sp³-hybridized carbons (Fsp3) is 0.478. The average Bonchev–Trinajstić information content (AvgIpc) is 2.67. The molecule has 0 N–H and O–H groups in total. The third-order valence-electron chi connectivity index (χ3n) is 4.74. The summed E-state index contributed by atoms with van der Waals surface area (Å²) in [4.78, 5) is 25.1. The number of hydrogen-bond acceptors (Lipinski definition) is 2.